The van der Waals surface area contributed by atoms with Gasteiger partial charge in [-0.15, -0.1) is 0 Å². The maximum absolute atomic E-state index is 12.5. The first kappa shape index (κ1) is 20.6. The van der Waals surface area contributed by atoms with Gasteiger partial charge in [0.05, 0.1) is 11.7 Å². The van der Waals surface area contributed by atoms with Crippen LogP contribution in [0.25, 0.3) is 5.65 Å². The highest BCUT2D eigenvalue weighted by Crippen LogP contribution is 2.29. The highest BCUT2D eigenvalue weighted by atomic mass is 16.1. The molecule has 3 heterocycles. The van der Waals surface area contributed by atoms with Crippen LogP contribution in [0.3, 0.4) is 0 Å². The average Bonchev–Trinajstić information content (AvgIpc) is 2.83. The smallest absolute Gasteiger partial charge is 0.258 e. The van der Waals surface area contributed by atoms with Crippen molar-refractivity contribution in [3.8, 4) is 0 Å². The first-order chi connectivity index (χ1) is 15.7. The third kappa shape index (κ3) is 4.22. The molecule has 5 heteroatoms. The molecule has 5 nitrogen and oxygen atoms in total. The summed E-state index contributed by atoms with van der Waals surface area (Å²) in [5.74, 6) is 0. The largest absolute Gasteiger partial charge is 0.295 e. The number of rotatable bonds is 5. The second kappa shape index (κ2) is 9.07. The Labute approximate surface area is 188 Å². The Morgan fingerprint density at radius 1 is 0.844 bits per heavy atom. The zero-order chi connectivity index (χ0) is 21.9. The molecule has 0 amide bonds. The fraction of sp³-hybridized carbons (Fsp3) is 0.259. The van der Waals surface area contributed by atoms with Gasteiger partial charge in [0.2, 0.25) is 0 Å². The van der Waals surface area contributed by atoms with Gasteiger partial charge in [0, 0.05) is 45.0 Å². The van der Waals surface area contributed by atoms with Crippen molar-refractivity contribution in [2.24, 2.45) is 0 Å². The molecule has 1 fully saturated rings. The normalized spacial score (nSPS) is 15.4. The molecule has 0 unspecified atom stereocenters. The lowest BCUT2D eigenvalue weighted by Crippen LogP contribution is -2.47. The number of fused-ring (bicyclic) bond motifs is 1. The van der Waals surface area contributed by atoms with Crippen molar-refractivity contribution in [2.45, 2.75) is 19.5 Å². The molecular weight excluding hydrogens is 396 g/mol. The van der Waals surface area contributed by atoms with Crippen molar-refractivity contribution in [3.05, 3.63) is 118 Å². The maximum atomic E-state index is 12.5. The predicted molar refractivity (Wildman–Crippen MR) is 128 cm³/mol. The molecule has 0 aliphatic carbocycles. The molecule has 4 aromatic rings. The summed E-state index contributed by atoms with van der Waals surface area (Å²) in [5.41, 5.74) is 5.26. The van der Waals surface area contributed by atoms with Crippen LogP contribution in [0.5, 0.6) is 0 Å². The Bertz CT molecular complexity index is 1210. The molecule has 0 saturated carbocycles. The summed E-state index contributed by atoms with van der Waals surface area (Å²) in [6.07, 6.45) is 1.79. The molecule has 32 heavy (non-hydrogen) atoms. The van der Waals surface area contributed by atoms with Crippen LogP contribution in [0.1, 0.15) is 28.4 Å². The summed E-state index contributed by atoms with van der Waals surface area (Å²) in [7, 11) is 0. The van der Waals surface area contributed by atoms with Crippen LogP contribution in [0.15, 0.2) is 89.9 Å². The van der Waals surface area contributed by atoms with E-state index in [0.717, 1.165) is 43.1 Å². The number of hydrogen-bond donors (Lipinski definition) is 0. The minimum atomic E-state index is -0.0134. The van der Waals surface area contributed by atoms with Gasteiger partial charge in [0.15, 0.2) is 0 Å². The van der Waals surface area contributed by atoms with Crippen LogP contribution in [-0.4, -0.2) is 45.4 Å². The molecule has 2 aromatic carbocycles. The van der Waals surface area contributed by atoms with Crippen LogP contribution >= 0.6 is 0 Å². The Hall–Kier alpha value is -3.28. The van der Waals surface area contributed by atoms with E-state index in [1.54, 1.807) is 16.7 Å². The van der Waals surface area contributed by atoms with Crippen LogP contribution < -0.4 is 5.56 Å². The summed E-state index contributed by atoms with van der Waals surface area (Å²) in [6.45, 7) is 6.54. The van der Waals surface area contributed by atoms with E-state index in [0.29, 0.717) is 6.54 Å². The molecule has 1 aliphatic rings. The molecular formula is C27H28N4O. The molecule has 5 rings (SSSR count). The minimum Gasteiger partial charge on any atom is -0.295 e. The predicted octanol–water partition coefficient (Wildman–Crippen LogP) is 3.91. The van der Waals surface area contributed by atoms with E-state index in [1.165, 1.54) is 11.1 Å². The lowest BCUT2D eigenvalue weighted by atomic mass is 9.96. The first-order valence-corrected chi connectivity index (χ1v) is 11.2. The van der Waals surface area contributed by atoms with Gasteiger partial charge in [-0.25, -0.2) is 4.98 Å². The summed E-state index contributed by atoms with van der Waals surface area (Å²) in [6, 6.07) is 27.3. The first-order valence-electron chi connectivity index (χ1n) is 11.2. The molecule has 0 radical (unpaired) electrons. The minimum absolute atomic E-state index is 0.0134. The van der Waals surface area contributed by atoms with Gasteiger partial charge in [-0.1, -0.05) is 66.7 Å². The Kier molecular flexibility index (Phi) is 5.84. The van der Waals surface area contributed by atoms with Crippen molar-refractivity contribution < 1.29 is 0 Å². The van der Waals surface area contributed by atoms with E-state index in [4.69, 9.17) is 4.98 Å². The second-order valence-electron chi connectivity index (χ2n) is 8.51. The fourth-order valence-corrected chi connectivity index (χ4v) is 4.68. The third-order valence-corrected chi connectivity index (χ3v) is 6.33. The summed E-state index contributed by atoms with van der Waals surface area (Å²) in [4.78, 5) is 22.3. The molecule has 162 valence electrons. The molecule has 1 saturated heterocycles. The van der Waals surface area contributed by atoms with Gasteiger partial charge in [-0.05, 0) is 29.7 Å². The molecule has 0 spiro atoms. The Morgan fingerprint density at radius 3 is 2.09 bits per heavy atom. The average molecular weight is 425 g/mol. The van der Waals surface area contributed by atoms with E-state index < -0.39 is 0 Å². The lowest BCUT2D eigenvalue weighted by molar-refractivity contribution is 0.104. The van der Waals surface area contributed by atoms with E-state index in [9.17, 15) is 4.79 Å². The van der Waals surface area contributed by atoms with Crippen molar-refractivity contribution in [1.29, 1.82) is 0 Å². The zero-order valence-electron chi connectivity index (χ0n) is 18.4. The molecule has 0 N–H and O–H groups in total. The fourth-order valence-electron chi connectivity index (χ4n) is 4.68. The second-order valence-corrected chi connectivity index (χ2v) is 8.51. The number of benzene rings is 2. The summed E-state index contributed by atoms with van der Waals surface area (Å²) in [5, 5.41) is 0. The number of aromatic nitrogens is 2. The van der Waals surface area contributed by atoms with Gasteiger partial charge in [0.25, 0.3) is 5.56 Å². The number of hydrogen-bond acceptors (Lipinski definition) is 4. The van der Waals surface area contributed by atoms with Crippen molar-refractivity contribution in [1.82, 2.24) is 19.2 Å². The van der Waals surface area contributed by atoms with E-state index in [2.05, 4.69) is 70.5 Å². The van der Waals surface area contributed by atoms with Crippen LogP contribution in [0.4, 0.5) is 0 Å². The quantitative estimate of drug-likeness (QED) is 0.487. The van der Waals surface area contributed by atoms with Crippen LogP contribution in [-0.2, 0) is 6.54 Å². The van der Waals surface area contributed by atoms with E-state index in [1.807, 2.05) is 19.1 Å². The van der Waals surface area contributed by atoms with Gasteiger partial charge in [-0.2, -0.15) is 0 Å². The van der Waals surface area contributed by atoms with E-state index in [-0.39, 0.29) is 11.6 Å². The molecule has 0 atom stereocenters. The number of piperazine rings is 1. The highest BCUT2D eigenvalue weighted by molar-refractivity contribution is 5.46. The SMILES string of the molecule is Cc1cccn2c(=O)cc(CN3CCN(C(c4ccccc4)c4ccccc4)CC3)nc12. The Balaban J connectivity index is 1.33. The van der Waals surface area contributed by atoms with Gasteiger partial charge in [-0.3, -0.25) is 19.0 Å². The summed E-state index contributed by atoms with van der Waals surface area (Å²) < 4.78 is 1.63. The maximum Gasteiger partial charge on any atom is 0.258 e. The number of pyridine rings is 1. The standard InChI is InChI=1S/C27H28N4O/c1-21-9-8-14-31-25(32)19-24(28-27(21)31)20-29-15-17-30(18-16-29)26(22-10-4-2-5-11-22)23-12-6-3-7-13-23/h2-14,19,26H,15-18,20H2,1H3. The van der Waals surface area contributed by atoms with Gasteiger partial charge < -0.3 is 0 Å². The summed E-state index contributed by atoms with van der Waals surface area (Å²) >= 11 is 0. The third-order valence-electron chi connectivity index (χ3n) is 6.33. The van der Waals surface area contributed by atoms with Crippen molar-refractivity contribution in [3.63, 3.8) is 0 Å². The highest BCUT2D eigenvalue weighted by Gasteiger charge is 2.26. The zero-order valence-corrected chi connectivity index (χ0v) is 18.4. The number of aryl methyl sites for hydroxylation is 1. The van der Waals surface area contributed by atoms with Crippen LogP contribution in [0.2, 0.25) is 0 Å². The van der Waals surface area contributed by atoms with Crippen molar-refractivity contribution >= 4 is 5.65 Å². The number of nitrogens with zero attached hydrogens (tertiary/aromatic N) is 4. The van der Waals surface area contributed by atoms with Gasteiger partial charge in [0.1, 0.15) is 5.65 Å². The lowest BCUT2D eigenvalue weighted by Gasteiger charge is -2.39. The topological polar surface area (TPSA) is 40.9 Å². The van der Waals surface area contributed by atoms with E-state index >= 15 is 0 Å². The Morgan fingerprint density at radius 2 is 1.47 bits per heavy atom. The van der Waals surface area contributed by atoms with Gasteiger partial charge >= 0.3 is 0 Å². The molecule has 0 bridgehead atoms. The van der Waals surface area contributed by atoms with Crippen LogP contribution in [0, 0.1) is 6.92 Å². The molecule has 1 aliphatic heterocycles. The monoisotopic (exact) mass is 424 g/mol. The van der Waals surface area contributed by atoms with Crippen molar-refractivity contribution in [2.75, 3.05) is 26.2 Å². The molecule has 2 aromatic heterocycles.